The first-order chi connectivity index (χ1) is 6.35. The summed E-state index contributed by atoms with van der Waals surface area (Å²) in [5.41, 5.74) is 6.06. The maximum atomic E-state index is 10.9. The lowest BCUT2D eigenvalue weighted by molar-refractivity contribution is -0.143. The van der Waals surface area contributed by atoms with E-state index in [0.29, 0.717) is 5.56 Å². The first kappa shape index (κ1) is 11.5. The molecule has 0 saturated carbocycles. The summed E-state index contributed by atoms with van der Waals surface area (Å²) in [5.74, 6) is -1.02. The molecule has 0 aliphatic heterocycles. The molecule has 3 N–H and O–H groups in total. The minimum Gasteiger partial charge on any atom is -0.480 e. The summed E-state index contributed by atoms with van der Waals surface area (Å²) in [7, 11) is 0. The molecule has 1 rings (SSSR count). The van der Waals surface area contributed by atoms with Crippen molar-refractivity contribution in [3.63, 3.8) is 0 Å². The molecule has 0 unspecified atom stereocenters. The Balaban J connectivity index is 3.21. The highest BCUT2D eigenvalue weighted by molar-refractivity contribution is 14.1. The van der Waals surface area contributed by atoms with E-state index in [1.165, 1.54) is 6.92 Å². The van der Waals surface area contributed by atoms with E-state index < -0.39 is 11.5 Å². The summed E-state index contributed by atoms with van der Waals surface area (Å²) in [6, 6.07) is 5.44. The number of halogens is 1. The third-order valence-electron chi connectivity index (χ3n) is 2.20. The van der Waals surface area contributed by atoms with Gasteiger partial charge in [-0.1, -0.05) is 12.1 Å². The summed E-state index contributed by atoms with van der Waals surface area (Å²) < 4.78 is 1.10. The predicted octanol–water partition coefficient (Wildman–Crippen LogP) is 1.86. The van der Waals surface area contributed by atoms with E-state index in [0.717, 1.165) is 9.13 Å². The van der Waals surface area contributed by atoms with Gasteiger partial charge in [0.15, 0.2) is 0 Å². The zero-order chi connectivity index (χ0) is 10.9. The average molecular weight is 305 g/mol. The maximum absolute atomic E-state index is 10.9. The van der Waals surface area contributed by atoms with Crippen LogP contribution in [0, 0.1) is 10.5 Å². The number of benzene rings is 1. The normalized spacial score (nSPS) is 14.9. The molecule has 0 radical (unpaired) electrons. The Bertz CT molecular complexity index is 374. The van der Waals surface area contributed by atoms with E-state index in [4.69, 9.17) is 10.8 Å². The topological polar surface area (TPSA) is 63.3 Å². The van der Waals surface area contributed by atoms with Crippen LogP contribution in [0.2, 0.25) is 0 Å². The van der Waals surface area contributed by atoms with Crippen LogP contribution in [0.1, 0.15) is 18.1 Å². The Morgan fingerprint density at radius 1 is 1.57 bits per heavy atom. The lowest BCUT2D eigenvalue weighted by atomic mass is 9.92. The van der Waals surface area contributed by atoms with Crippen LogP contribution >= 0.6 is 22.6 Å². The van der Waals surface area contributed by atoms with Crippen molar-refractivity contribution < 1.29 is 9.90 Å². The van der Waals surface area contributed by atoms with Gasteiger partial charge in [-0.2, -0.15) is 0 Å². The molecule has 0 spiro atoms. The quantitative estimate of drug-likeness (QED) is 0.820. The smallest absolute Gasteiger partial charge is 0.328 e. The summed E-state index contributed by atoms with van der Waals surface area (Å²) >= 11 is 2.20. The molecule has 1 aromatic rings. The molecular weight excluding hydrogens is 293 g/mol. The summed E-state index contributed by atoms with van der Waals surface area (Å²) in [5, 5.41) is 8.93. The molecule has 0 aromatic heterocycles. The molecule has 0 aliphatic rings. The van der Waals surface area contributed by atoms with E-state index in [9.17, 15) is 4.79 Å². The van der Waals surface area contributed by atoms with Gasteiger partial charge in [0, 0.05) is 3.57 Å². The molecular formula is C10H12INO2. The van der Waals surface area contributed by atoms with Crippen molar-refractivity contribution in [3.05, 3.63) is 32.9 Å². The van der Waals surface area contributed by atoms with Crippen molar-refractivity contribution >= 4 is 28.6 Å². The highest BCUT2D eigenvalue weighted by atomic mass is 127. The van der Waals surface area contributed by atoms with Gasteiger partial charge < -0.3 is 10.8 Å². The second-order valence-electron chi connectivity index (χ2n) is 3.47. The van der Waals surface area contributed by atoms with E-state index in [-0.39, 0.29) is 0 Å². The molecule has 1 atom stereocenters. The van der Waals surface area contributed by atoms with Crippen LogP contribution < -0.4 is 5.73 Å². The Kier molecular flexibility index (Phi) is 3.16. The molecule has 76 valence electrons. The van der Waals surface area contributed by atoms with Gasteiger partial charge >= 0.3 is 5.97 Å². The van der Waals surface area contributed by atoms with Gasteiger partial charge in [-0.3, -0.25) is 0 Å². The zero-order valence-electron chi connectivity index (χ0n) is 8.04. The number of aliphatic carboxylic acids is 1. The van der Waals surface area contributed by atoms with Crippen molar-refractivity contribution in [2.75, 3.05) is 0 Å². The van der Waals surface area contributed by atoms with Gasteiger partial charge in [0.1, 0.15) is 5.54 Å². The van der Waals surface area contributed by atoms with Crippen molar-refractivity contribution in [2.45, 2.75) is 19.4 Å². The Hall–Kier alpha value is -0.620. The Morgan fingerprint density at radius 2 is 2.14 bits per heavy atom. The molecule has 1 aromatic carbocycles. The van der Waals surface area contributed by atoms with E-state index in [2.05, 4.69) is 22.6 Å². The Morgan fingerprint density at radius 3 is 2.57 bits per heavy atom. The molecule has 0 fully saturated rings. The number of carboxylic acids is 1. The summed E-state index contributed by atoms with van der Waals surface area (Å²) in [6.45, 7) is 3.43. The van der Waals surface area contributed by atoms with E-state index in [1.54, 1.807) is 6.07 Å². The first-order valence-corrected chi connectivity index (χ1v) is 5.22. The second kappa shape index (κ2) is 3.86. The second-order valence-corrected chi connectivity index (χ2v) is 4.63. The lowest BCUT2D eigenvalue weighted by Gasteiger charge is -2.20. The van der Waals surface area contributed by atoms with Crippen molar-refractivity contribution in [2.24, 2.45) is 5.73 Å². The van der Waals surface area contributed by atoms with Crippen molar-refractivity contribution in [1.29, 1.82) is 0 Å². The van der Waals surface area contributed by atoms with Crippen LogP contribution in [0.3, 0.4) is 0 Å². The largest absolute Gasteiger partial charge is 0.480 e. The number of nitrogens with two attached hydrogens (primary N) is 1. The van der Waals surface area contributed by atoms with Crippen LogP contribution in [0.15, 0.2) is 18.2 Å². The molecule has 3 nitrogen and oxygen atoms in total. The van der Waals surface area contributed by atoms with Crippen LogP contribution in [0.5, 0.6) is 0 Å². The molecule has 4 heteroatoms. The minimum atomic E-state index is -1.31. The van der Waals surface area contributed by atoms with Crippen LogP contribution in [0.25, 0.3) is 0 Å². The zero-order valence-corrected chi connectivity index (χ0v) is 10.2. The van der Waals surface area contributed by atoms with Crippen LogP contribution in [0.4, 0.5) is 0 Å². The fourth-order valence-electron chi connectivity index (χ4n) is 1.09. The van der Waals surface area contributed by atoms with Crippen LogP contribution in [-0.2, 0) is 10.3 Å². The third-order valence-corrected chi connectivity index (χ3v) is 3.41. The van der Waals surface area contributed by atoms with Gasteiger partial charge in [0.25, 0.3) is 0 Å². The number of carbonyl (C=O) groups is 1. The van der Waals surface area contributed by atoms with Gasteiger partial charge in [-0.05, 0) is 53.6 Å². The van der Waals surface area contributed by atoms with Gasteiger partial charge in [-0.25, -0.2) is 4.79 Å². The first-order valence-electron chi connectivity index (χ1n) is 4.14. The van der Waals surface area contributed by atoms with E-state index >= 15 is 0 Å². The SMILES string of the molecule is Cc1cc([C@@](C)(N)C(=O)O)ccc1I. The van der Waals surface area contributed by atoms with E-state index in [1.807, 2.05) is 19.1 Å². The van der Waals surface area contributed by atoms with Crippen molar-refractivity contribution in [1.82, 2.24) is 0 Å². The third kappa shape index (κ3) is 2.06. The fourth-order valence-corrected chi connectivity index (χ4v) is 1.43. The molecule has 0 aliphatic carbocycles. The standard InChI is InChI=1S/C10H12INO2/c1-6-5-7(3-4-8(6)11)10(2,12)9(13)14/h3-5H,12H2,1-2H3,(H,13,14)/t10-/m1/s1. The highest BCUT2D eigenvalue weighted by Gasteiger charge is 2.30. The van der Waals surface area contributed by atoms with Gasteiger partial charge in [0.2, 0.25) is 0 Å². The monoisotopic (exact) mass is 305 g/mol. The average Bonchev–Trinajstić information content (AvgIpc) is 2.09. The number of aryl methyl sites for hydroxylation is 1. The summed E-state index contributed by atoms with van der Waals surface area (Å²) in [4.78, 5) is 10.9. The number of hydrogen-bond acceptors (Lipinski definition) is 2. The Labute approximate surface area is 96.4 Å². The van der Waals surface area contributed by atoms with Crippen LogP contribution in [-0.4, -0.2) is 11.1 Å². The highest BCUT2D eigenvalue weighted by Crippen LogP contribution is 2.21. The minimum absolute atomic E-state index is 0.628. The predicted molar refractivity (Wildman–Crippen MR) is 63.1 cm³/mol. The number of hydrogen-bond donors (Lipinski definition) is 2. The molecule has 14 heavy (non-hydrogen) atoms. The number of carboxylic acid groups (broad SMARTS) is 1. The van der Waals surface area contributed by atoms with Gasteiger partial charge in [0.05, 0.1) is 0 Å². The molecule has 0 amide bonds. The lowest BCUT2D eigenvalue weighted by Crippen LogP contribution is -2.41. The number of rotatable bonds is 2. The van der Waals surface area contributed by atoms with Gasteiger partial charge in [-0.15, -0.1) is 0 Å². The molecule has 0 bridgehead atoms. The summed E-state index contributed by atoms with van der Waals surface area (Å²) in [6.07, 6.45) is 0. The fraction of sp³-hybridized carbons (Fsp3) is 0.300. The molecule has 0 heterocycles. The van der Waals surface area contributed by atoms with Crippen molar-refractivity contribution in [3.8, 4) is 0 Å². The molecule has 0 saturated heterocycles. The maximum Gasteiger partial charge on any atom is 0.328 e.